The first-order valence-electron chi connectivity index (χ1n) is 7.50. The van der Waals surface area contributed by atoms with Gasteiger partial charge in [-0.25, -0.2) is 0 Å². The summed E-state index contributed by atoms with van der Waals surface area (Å²) in [4.78, 5) is 14.3. The third-order valence-corrected chi connectivity index (χ3v) is 4.07. The Morgan fingerprint density at radius 2 is 2.05 bits per heavy atom. The number of hydrogen-bond donors (Lipinski definition) is 2. The van der Waals surface area contributed by atoms with E-state index in [1.165, 1.54) is 0 Å². The Morgan fingerprint density at radius 3 is 2.53 bits per heavy atom. The second kappa shape index (κ2) is 8.20. The van der Waals surface area contributed by atoms with E-state index in [2.05, 4.69) is 26.2 Å². The molecule has 0 aliphatic carbocycles. The Bertz CT molecular complexity index is 305. The second-order valence-electron chi connectivity index (χ2n) is 5.86. The van der Waals surface area contributed by atoms with Crippen molar-refractivity contribution < 1.29 is 4.79 Å². The molecule has 0 aromatic rings. The number of nitrogens with one attached hydrogen (secondary N) is 1. The third kappa shape index (κ3) is 5.23. The van der Waals surface area contributed by atoms with Gasteiger partial charge >= 0.3 is 0 Å². The minimum atomic E-state index is 0.247. The lowest BCUT2D eigenvalue weighted by atomic mass is 9.86. The Balaban J connectivity index is 2.44. The van der Waals surface area contributed by atoms with Gasteiger partial charge in [-0.1, -0.05) is 27.2 Å². The number of nitrogens with two attached hydrogens (primary N) is 1. The lowest BCUT2D eigenvalue weighted by Gasteiger charge is -2.34. The van der Waals surface area contributed by atoms with Crippen LogP contribution in [0.1, 0.15) is 52.9 Å². The van der Waals surface area contributed by atoms with Crippen LogP contribution < -0.4 is 11.3 Å². The van der Waals surface area contributed by atoms with Gasteiger partial charge in [-0.2, -0.15) is 0 Å². The molecule has 1 rings (SSSR count). The topological polar surface area (TPSA) is 58.4 Å². The lowest BCUT2D eigenvalue weighted by Crippen LogP contribution is -2.39. The van der Waals surface area contributed by atoms with E-state index in [0.29, 0.717) is 6.42 Å². The van der Waals surface area contributed by atoms with Crippen LogP contribution in [0.2, 0.25) is 0 Å². The minimum absolute atomic E-state index is 0.247. The minimum Gasteiger partial charge on any atom is -0.342 e. The van der Waals surface area contributed by atoms with Gasteiger partial charge in [0, 0.05) is 25.7 Å². The molecule has 0 aromatic heterocycles. The normalized spacial score (nSPS) is 17.9. The molecule has 1 aliphatic rings. The zero-order chi connectivity index (χ0) is 14.3. The van der Waals surface area contributed by atoms with Crippen molar-refractivity contribution in [3.8, 4) is 0 Å². The first kappa shape index (κ1) is 16.0. The van der Waals surface area contributed by atoms with E-state index in [1.807, 2.05) is 4.90 Å². The molecule has 1 saturated heterocycles. The van der Waals surface area contributed by atoms with Crippen molar-refractivity contribution in [3.05, 3.63) is 11.8 Å². The van der Waals surface area contributed by atoms with Crippen LogP contribution >= 0.6 is 0 Å². The van der Waals surface area contributed by atoms with Crippen LogP contribution in [0, 0.1) is 11.8 Å². The molecule has 0 atom stereocenters. The molecule has 4 heteroatoms. The first-order valence-corrected chi connectivity index (χ1v) is 7.50. The van der Waals surface area contributed by atoms with Crippen LogP contribution in [-0.4, -0.2) is 23.9 Å². The molecule has 3 N–H and O–H groups in total. The number of rotatable bonds is 6. The quantitative estimate of drug-likeness (QED) is 0.574. The van der Waals surface area contributed by atoms with E-state index in [4.69, 9.17) is 5.84 Å². The van der Waals surface area contributed by atoms with Gasteiger partial charge in [0.25, 0.3) is 0 Å². The van der Waals surface area contributed by atoms with Crippen LogP contribution in [0.5, 0.6) is 0 Å². The molecule has 1 amide bonds. The van der Waals surface area contributed by atoms with Gasteiger partial charge in [-0.05, 0) is 36.7 Å². The molecule has 0 bridgehead atoms. The maximum Gasteiger partial charge on any atom is 0.226 e. The molecular formula is C15H29N3O. The van der Waals surface area contributed by atoms with Crippen molar-refractivity contribution in [3.63, 3.8) is 0 Å². The van der Waals surface area contributed by atoms with E-state index in [0.717, 1.165) is 56.2 Å². The predicted octanol–water partition coefficient (Wildman–Crippen LogP) is 2.42. The summed E-state index contributed by atoms with van der Waals surface area (Å²) < 4.78 is 0. The number of carbonyl (C=O) groups is 1. The van der Waals surface area contributed by atoms with Gasteiger partial charge in [-0.3, -0.25) is 10.6 Å². The summed E-state index contributed by atoms with van der Waals surface area (Å²) in [7, 11) is 0. The lowest BCUT2D eigenvalue weighted by molar-refractivity contribution is -0.132. The fourth-order valence-electron chi connectivity index (χ4n) is 2.77. The Labute approximate surface area is 117 Å². The summed E-state index contributed by atoms with van der Waals surface area (Å²) in [5, 5.41) is 0. The average molecular weight is 267 g/mol. The molecule has 1 heterocycles. The van der Waals surface area contributed by atoms with E-state index in [1.54, 1.807) is 6.20 Å². The first-order chi connectivity index (χ1) is 9.08. The fourth-order valence-corrected chi connectivity index (χ4v) is 2.77. The average Bonchev–Trinajstić information content (AvgIpc) is 2.39. The molecule has 4 nitrogen and oxygen atoms in total. The number of amides is 1. The van der Waals surface area contributed by atoms with Crippen molar-refractivity contribution in [2.75, 3.05) is 13.1 Å². The maximum absolute atomic E-state index is 12.3. The van der Waals surface area contributed by atoms with Gasteiger partial charge in [0.05, 0.1) is 0 Å². The van der Waals surface area contributed by atoms with Crippen LogP contribution in [0.4, 0.5) is 0 Å². The van der Waals surface area contributed by atoms with Crippen LogP contribution in [-0.2, 0) is 4.79 Å². The number of nitrogens with zero attached hydrogens (tertiary/aromatic N) is 1. The monoisotopic (exact) mass is 267 g/mol. The summed E-state index contributed by atoms with van der Waals surface area (Å²) in [5.41, 5.74) is 3.65. The highest BCUT2D eigenvalue weighted by atomic mass is 16.2. The second-order valence-corrected chi connectivity index (χ2v) is 5.86. The van der Waals surface area contributed by atoms with Crippen LogP contribution in [0.15, 0.2) is 11.8 Å². The van der Waals surface area contributed by atoms with Gasteiger partial charge < -0.3 is 10.3 Å². The highest BCUT2D eigenvalue weighted by Crippen LogP contribution is 2.25. The molecule has 0 spiro atoms. The van der Waals surface area contributed by atoms with Gasteiger partial charge in [0.2, 0.25) is 5.91 Å². The summed E-state index contributed by atoms with van der Waals surface area (Å²) in [5.74, 6) is 7.07. The van der Waals surface area contributed by atoms with Gasteiger partial charge in [-0.15, -0.1) is 0 Å². The molecule has 1 fully saturated rings. The summed E-state index contributed by atoms with van der Waals surface area (Å²) in [6, 6.07) is 0. The summed E-state index contributed by atoms with van der Waals surface area (Å²) in [6.45, 7) is 8.49. The smallest absolute Gasteiger partial charge is 0.226 e. The van der Waals surface area contributed by atoms with Crippen molar-refractivity contribution >= 4 is 5.91 Å². The molecular weight excluding hydrogens is 238 g/mol. The third-order valence-electron chi connectivity index (χ3n) is 4.07. The molecule has 0 radical (unpaired) electrons. The Kier molecular flexibility index (Phi) is 6.92. The number of hydrazine groups is 1. The van der Waals surface area contributed by atoms with Crippen molar-refractivity contribution in [2.24, 2.45) is 17.7 Å². The maximum atomic E-state index is 12.3. The predicted molar refractivity (Wildman–Crippen MR) is 79.1 cm³/mol. The van der Waals surface area contributed by atoms with Gasteiger partial charge in [0.1, 0.15) is 0 Å². The highest BCUT2D eigenvalue weighted by molar-refractivity contribution is 5.78. The fraction of sp³-hybridized carbons (Fsp3) is 0.800. The number of likely N-dealkylation sites (tertiary alicyclic amines) is 1. The van der Waals surface area contributed by atoms with E-state index >= 15 is 0 Å². The van der Waals surface area contributed by atoms with E-state index < -0.39 is 0 Å². The molecule has 0 aromatic carbocycles. The van der Waals surface area contributed by atoms with Crippen molar-refractivity contribution in [1.29, 1.82) is 0 Å². The molecule has 110 valence electrons. The summed E-state index contributed by atoms with van der Waals surface area (Å²) >= 11 is 0. The van der Waals surface area contributed by atoms with Gasteiger partial charge in [0.15, 0.2) is 0 Å². The Hall–Kier alpha value is -1.03. The van der Waals surface area contributed by atoms with E-state index in [-0.39, 0.29) is 5.91 Å². The number of piperidine rings is 1. The molecule has 0 saturated carbocycles. The molecule has 0 unspecified atom stereocenters. The SMILES string of the molecule is CCC/C(=C\NN)CC(=O)N1CCC(C(C)C)CC1. The van der Waals surface area contributed by atoms with Crippen molar-refractivity contribution in [2.45, 2.75) is 52.9 Å². The molecule has 1 aliphatic heterocycles. The highest BCUT2D eigenvalue weighted by Gasteiger charge is 2.24. The zero-order valence-corrected chi connectivity index (χ0v) is 12.6. The standard InChI is InChI=1S/C15H29N3O/c1-4-5-13(11-17-16)10-15(19)18-8-6-14(7-9-18)12(2)3/h11-12,14,17H,4-10,16H2,1-3H3/b13-11+. The number of hydrogen-bond acceptors (Lipinski definition) is 3. The van der Waals surface area contributed by atoms with E-state index in [9.17, 15) is 4.79 Å². The largest absolute Gasteiger partial charge is 0.342 e. The summed E-state index contributed by atoms with van der Waals surface area (Å²) in [6.07, 6.45) is 6.53. The van der Waals surface area contributed by atoms with Crippen LogP contribution in [0.25, 0.3) is 0 Å². The van der Waals surface area contributed by atoms with Crippen LogP contribution in [0.3, 0.4) is 0 Å². The molecule has 19 heavy (non-hydrogen) atoms. The zero-order valence-electron chi connectivity index (χ0n) is 12.6. The number of carbonyl (C=O) groups excluding carboxylic acids is 1. The van der Waals surface area contributed by atoms with Crippen molar-refractivity contribution in [1.82, 2.24) is 10.3 Å². The Morgan fingerprint density at radius 1 is 1.42 bits per heavy atom.